The van der Waals surface area contributed by atoms with Crippen molar-refractivity contribution in [3.05, 3.63) is 35.9 Å². The number of rotatable bonds is 8. The summed E-state index contributed by atoms with van der Waals surface area (Å²) in [7, 11) is 0. The van der Waals surface area contributed by atoms with E-state index in [1.54, 1.807) is 6.08 Å². The first-order valence-corrected chi connectivity index (χ1v) is 7.03. The topological polar surface area (TPSA) is 58.6 Å². The van der Waals surface area contributed by atoms with Gasteiger partial charge in [0.25, 0.3) is 0 Å². The molecular formula is C16H23NO3. The van der Waals surface area contributed by atoms with Crippen LogP contribution in [0.4, 0.5) is 0 Å². The fraction of sp³-hybridized carbons (Fsp3) is 0.438. The minimum absolute atomic E-state index is 0.216. The molecule has 0 spiro atoms. The Balaban J connectivity index is 2.52. The predicted molar refractivity (Wildman–Crippen MR) is 80.6 cm³/mol. The number of aliphatic hydroxyl groups excluding tert-OH is 1. The Kier molecular flexibility index (Phi) is 7.43. The average Bonchev–Trinajstić information content (AvgIpc) is 2.45. The van der Waals surface area contributed by atoms with Crippen LogP contribution in [-0.4, -0.2) is 30.3 Å². The number of hydrogen-bond donors (Lipinski definition) is 2. The molecule has 0 radical (unpaired) electrons. The van der Waals surface area contributed by atoms with Crippen LogP contribution in [0.1, 0.15) is 32.3 Å². The number of para-hydroxylation sites is 1. The van der Waals surface area contributed by atoms with Gasteiger partial charge in [0.05, 0.1) is 12.7 Å². The summed E-state index contributed by atoms with van der Waals surface area (Å²) in [6.07, 6.45) is 4.28. The van der Waals surface area contributed by atoms with Crippen LogP contribution >= 0.6 is 0 Å². The van der Waals surface area contributed by atoms with Crippen molar-refractivity contribution >= 4 is 12.0 Å². The maximum atomic E-state index is 11.6. The van der Waals surface area contributed by atoms with Crippen LogP contribution in [-0.2, 0) is 4.79 Å². The second kappa shape index (κ2) is 9.15. The van der Waals surface area contributed by atoms with Crippen LogP contribution in [0.5, 0.6) is 5.75 Å². The van der Waals surface area contributed by atoms with Crippen LogP contribution in [0.15, 0.2) is 30.3 Å². The van der Waals surface area contributed by atoms with E-state index < -0.39 is 6.10 Å². The minimum Gasteiger partial charge on any atom is -0.493 e. The monoisotopic (exact) mass is 277 g/mol. The van der Waals surface area contributed by atoms with Crippen molar-refractivity contribution < 1.29 is 14.6 Å². The van der Waals surface area contributed by atoms with Gasteiger partial charge < -0.3 is 15.2 Å². The maximum absolute atomic E-state index is 11.6. The third-order valence-corrected chi connectivity index (χ3v) is 2.77. The zero-order valence-electron chi connectivity index (χ0n) is 12.1. The molecule has 1 rings (SSSR count). The van der Waals surface area contributed by atoms with E-state index in [1.807, 2.05) is 38.1 Å². The van der Waals surface area contributed by atoms with Gasteiger partial charge in [0, 0.05) is 18.2 Å². The second-order valence-corrected chi connectivity index (χ2v) is 4.49. The first kappa shape index (κ1) is 16.2. The summed E-state index contributed by atoms with van der Waals surface area (Å²) in [6, 6.07) is 7.54. The molecule has 0 heterocycles. The van der Waals surface area contributed by atoms with Gasteiger partial charge in [-0.15, -0.1) is 0 Å². The van der Waals surface area contributed by atoms with Gasteiger partial charge in [0.15, 0.2) is 0 Å². The molecule has 1 aromatic carbocycles. The van der Waals surface area contributed by atoms with Gasteiger partial charge in [0.2, 0.25) is 5.91 Å². The van der Waals surface area contributed by atoms with Crippen molar-refractivity contribution in [1.29, 1.82) is 0 Å². The number of hydrogen-bond acceptors (Lipinski definition) is 3. The van der Waals surface area contributed by atoms with Crippen LogP contribution in [0.2, 0.25) is 0 Å². The molecule has 0 aliphatic rings. The van der Waals surface area contributed by atoms with Gasteiger partial charge in [-0.1, -0.05) is 31.5 Å². The van der Waals surface area contributed by atoms with Crippen molar-refractivity contribution in [1.82, 2.24) is 5.32 Å². The Hall–Kier alpha value is -1.81. The number of carbonyl (C=O) groups is 1. The van der Waals surface area contributed by atoms with Gasteiger partial charge in [-0.05, 0) is 25.5 Å². The third-order valence-electron chi connectivity index (χ3n) is 2.77. The van der Waals surface area contributed by atoms with Crippen LogP contribution in [0.3, 0.4) is 0 Å². The fourth-order valence-electron chi connectivity index (χ4n) is 1.78. The third kappa shape index (κ3) is 5.89. The highest BCUT2D eigenvalue weighted by Crippen LogP contribution is 2.19. The van der Waals surface area contributed by atoms with Gasteiger partial charge in [0.1, 0.15) is 5.75 Å². The first-order valence-electron chi connectivity index (χ1n) is 7.03. The van der Waals surface area contributed by atoms with E-state index in [4.69, 9.17) is 4.74 Å². The molecule has 4 nitrogen and oxygen atoms in total. The molecule has 4 heteroatoms. The van der Waals surface area contributed by atoms with Gasteiger partial charge in [-0.3, -0.25) is 4.79 Å². The van der Waals surface area contributed by atoms with E-state index in [0.717, 1.165) is 17.7 Å². The van der Waals surface area contributed by atoms with Crippen molar-refractivity contribution in [2.24, 2.45) is 0 Å². The quantitative estimate of drug-likeness (QED) is 0.717. The number of nitrogens with one attached hydrogen (secondary N) is 1. The van der Waals surface area contributed by atoms with Gasteiger partial charge in [-0.2, -0.15) is 0 Å². The van der Waals surface area contributed by atoms with Crippen molar-refractivity contribution in [2.75, 3.05) is 13.2 Å². The standard InChI is InChI=1S/C16H23NO3/c1-3-7-14(18)12-17-16(19)11-10-13-8-5-6-9-15(13)20-4-2/h5-6,8-11,14,18H,3-4,7,12H2,1-2H3,(H,17,19)/b11-10+. The maximum Gasteiger partial charge on any atom is 0.244 e. The van der Waals surface area contributed by atoms with Gasteiger partial charge in [-0.25, -0.2) is 0 Å². The summed E-state index contributed by atoms with van der Waals surface area (Å²) in [4.78, 5) is 11.6. The first-order chi connectivity index (χ1) is 9.67. The Morgan fingerprint density at radius 2 is 2.15 bits per heavy atom. The summed E-state index contributed by atoms with van der Waals surface area (Å²) >= 11 is 0. The molecule has 0 fully saturated rings. The number of ether oxygens (including phenoxy) is 1. The molecule has 0 bridgehead atoms. The highest BCUT2D eigenvalue weighted by Gasteiger charge is 2.04. The Morgan fingerprint density at radius 1 is 1.40 bits per heavy atom. The Morgan fingerprint density at radius 3 is 2.85 bits per heavy atom. The zero-order valence-corrected chi connectivity index (χ0v) is 12.1. The SMILES string of the molecule is CCCC(O)CNC(=O)/C=C/c1ccccc1OCC. The molecule has 1 aromatic rings. The Bertz CT molecular complexity index is 443. The summed E-state index contributed by atoms with van der Waals surface area (Å²) in [6.45, 7) is 4.78. The van der Waals surface area contributed by atoms with E-state index >= 15 is 0 Å². The number of carbonyl (C=O) groups excluding carboxylic acids is 1. The van der Waals surface area contributed by atoms with Crippen LogP contribution < -0.4 is 10.1 Å². The van der Waals surface area contributed by atoms with E-state index in [2.05, 4.69) is 5.32 Å². The summed E-state index contributed by atoms with van der Waals surface area (Å²) in [5, 5.41) is 12.2. The molecule has 0 saturated heterocycles. The fourth-order valence-corrected chi connectivity index (χ4v) is 1.78. The number of aliphatic hydroxyl groups is 1. The molecule has 2 N–H and O–H groups in total. The number of amides is 1. The predicted octanol–water partition coefficient (Wildman–Crippen LogP) is 2.38. The van der Waals surface area contributed by atoms with E-state index in [-0.39, 0.29) is 12.5 Å². The van der Waals surface area contributed by atoms with Crippen molar-refractivity contribution in [3.8, 4) is 5.75 Å². The lowest BCUT2D eigenvalue weighted by Crippen LogP contribution is -2.30. The van der Waals surface area contributed by atoms with E-state index in [1.165, 1.54) is 6.08 Å². The number of benzene rings is 1. The molecule has 1 amide bonds. The zero-order chi connectivity index (χ0) is 14.8. The summed E-state index contributed by atoms with van der Waals surface area (Å²) < 4.78 is 5.48. The smallest absolute Gasteiger partial charge is 0.244 e. The second-order valence-electron chi connectivity index (χ2n) is 4.49. The molecule has 20 heavy (non-hydrogen) atoms. The van der Waals surface area contributed by atoms with Crippen LogP contribution in [0.25, 0.3) is 6.08 Å². The normalized spacial score (nSPS) is 12.3. The lowest BCUT2D eigenvalue weighted by atomic mass is 10.2. The molecule has 1 atom stereocenters. The highest BCUT2D eigenvalue weighted by atomic mass is 16.5. The average molecular weight is 277 g/mol. The molecule has 0 aliphatic carbocycles. The van der Waals surface area contributed by atoms with Crippen molar-refractivity contribution in [3.63, 3.8) is 0 Å². The van der Waals surface area contributed by atoms with E-state index in [9.17, 15) is 9.90 Å². The molecule has 0 saturated carbocycles. The lowest BCUT2D eigenvalue weighted by molar-refractivity contribution is -0.116. The van der Waals surface area contributed by atoms with Gasteiger partial charge >= 0.3 is 0 Å². The highest BCUT2D eigenvalue weighted by molar-refractivity contribution is 5.92. The summed E-state index contributed by atoms with van der Waals surface area (Å²) in [5.74, 6) is 0.538. The largest absolute Gasteiger partial charge is 0.493 e. The van der Waals surface area contributed by atoms with Crippen LogP contribution in [0, 0.1) is 0 Å². The molecule has 110 valence electrons. The molecular weight excluding hydrogens is 254 g/mol. The lowest BCUT2D eigenvalue weighted by Gasteiger charge is -2.09. The molecule has 1 unspecified atom stereocenters. The molecule has 0 aliphatic heterocycles. The van der Waals surface area contributed by atoms with E-state index in [0.29, 0.717) is 13.0 Å². The molecule has 0 aromatic heterocycles. The Labute approximate surface area is 120 Å². The minimum atomic E-state index is -0.479. The van der Waals surface area contributed by atoms with Crippen molar-refractivity contribution in [2.45, 2.75) is 32.8 Å². The summed E-state index contributed by atoms with van der Waals surface area (Å²) in [5.41, 5.74) is 0.860.